The fourth-order valence-corrected chi connectivity index (χ4v) is 2.55. The van der Waals surface area contributed by atoms with E-state index in [-0.39, 0.29) is 0 Å². The molecule has 0 aliphatic carbocycles. The first-order valence-corrected chi connectivity index (χ1v) is 8.27. The van der Waals surface area contributed by atoms with E-state index in [0.717, 1.165) is 17.9 Å². The van der Waals surface area contributed by atoms with Gasteiger partial charge in [-0.25, -0.2) is 0 Å². The third-order valence-corrected chi connectivity index (χ3v) is 4.16. The second kappa shape index (κ2) is 8.59. The van der Waals surface area contributed by atoms with Crippen molar-refractivity contribution in [3.05, 3.63) is 59.2 Å². The van der Waals surface area contributed by atoms with Gasteiger partial charge in [0.05, 0.1) is 13.2 Å². The molecular weight excluding hydrogens is 286 g/mol. The monoisotopic (exact) mass is 313 g/mol. The molecule has 3 nitrogen and oxygen atoms in total. The fourth-order valence-electron chi connectivity index (χ4n) is 2.55. The highest BCUT2D eigenvalue weighted by Crippen LogP contribution is 2.23. The molecule has 2 aromatic rings. The molecule has 0 spiro atoms. The predicted molar refractivity (Wildman–Crippen MR) is 95.4 cm³/mol. The van der Waals surface area contributed by atoms with Crippen LogP contribution < -0.4 is 15.2 Å². The molecule has 0 aliphatic heterocycles. The summed E-state index contributed by atoms with van der Waals surface area (Å²) in [6, 6.07) is 14.4. The molecule has 0 fully saturated rings. The third kappa shape index (κ3) is 5.00. The first-order valence-electron chi connectivity index (χ1n) is 8.27. The van der Waals surface area contributed by atoms with Crippen molar-refractivity contribution in [1.29, 1.82) is 0 Å². The highest BCUT2D eigenvalue weighted by atomic mass is 16.5. The number of nitrogens with two attached hydrogens (primary N) is 1. The summed E-state index contributed by atoms with van der Waals surface area (Å²) in [6.45, 7) is 8.16. The molecule has 0 amide bonds. The van der Waals surface area contributed by atoms with Crippen LogP contribution >= 0.6 is 0 Å². The van der Waals surface area contributed by atoms with Gasteiger partial charge in [0.1, 0.15) is 11.5 Å². The molecule has 2 aromatic carbocycles. The van der Waals surface area contributed by atoms with Crippen molar-refractivity contribution in [2.24, 2.45) is 5.73 Å². The van der Waals surface area contributed by atoms with Crippen molar-refractivity contribution in [3.8, 4) is 11.5 Å². The number of rotatable bonds is 8. The highest BCUT2D eigenvalue weighted by molar-refractivity contribution is 5.34. The lowest BCUT2D eigenvalue weighted by molar-refractivity contribution is 0.298. The van der Waals surface area contributed by atoms with Crippen molar-refractivity contribution in [3.63, 3.8) is 0 Å². The second-order valence-corrected chi connectivity index (χ2v) is 5.82. The largest absolute Gasteiger partial charge is 0.494 e. The van der Waals surface area contributed by atoms with Crippen LogP contribution in [0.3, 0.4) is 0 Å². The Bertz CT molecular complexity index is 608. The highest BCUT2D eigenvalue weighted by Gasteiger charge is 2.10. The minimum atomic E-state index is 0.303. The van der Waals surface area contributed by atoms with Gasteiger partial charge in [-0.05, 0) is 80.6 Å². The molecule has 0 heterocycles. The van der Waals surface area contributed by atoms with Gasteiger partial charge >= 0.3 is 0 Å². The van der Waals surface area contributed by atoms with E-state index in [2.05, 4.69) is 38.1 Å². The van der Waals surface area contributed by atoms with Gasteiger partial charge in [0.2, 0.25) is 0 Å². The van der Waals surface area contributed by atoms with E-state index in [1.807, 2.05) is 25.1 Å². The number of hydrogen-bond donors (Lipinski definition) is 1. The Balaban J connectivity index is 1.90. The molecule has 23 heavy (non-hydrogen) atoms. The van der Waals surface area contributed by atoms with Crippen LogP contribution in [0, 0.1) is 13.8 Å². The van der Waals surface area contributed by atoms with Gasteiger partial charge < -0.3 is 15.2 Å². The predicted octanol–water partition coefficient (Wildman–Crippen LogP) is 4.21. The minimum absolute atomic E-state index is 0.303. The van der Waals surface area contributed by atoms with Gasteiger partial charge in [-0.3, -0.25) is 0 Å². The Morgan fingerprint density at radius 2 is 1.61 bits per heavy atom. The Kier molecular flexibility index (Phi) is 6.48. The molecule has 2 N–H and O–H groups in total. The van der Waals surface area contributed by atoms with Crippen molar-refractivity contribution in [2.75, 3.05) is 19.8 Å². The Hall–Kier alpha value is -2.00. The molecule has 0 bridgehead atoms. The average molecular weight is 313 g/mol. The summed E-state index contributed by atoms with van der Waals surface area (Å²) >= 11 is 0. The van der Waals surface area contributed by atoms with Gasteiger partial charge in [-0.1, -0.05) is 18.2 Å². The van der Waals surface area contributed by atoms with E-state index >= 15 is 0 Å². The SMILES string of the molecule is CCOc1ccc(C(CN)CCOc2ccc(C)c(C)c2)cc1. The zero-order valence-corrected chi connectivity index (χ0v) is 14.3. The van der Waals surface area contributed by atoms with Gasteiger partial charge in [-0.15, -0.1) is 0 Å². The van der Waals surface area contributed by atoms with Crippen LogP contribution in [0.15, 0.2) is 42.5 Å². The maximum atomic E-state index is 5.94. The maximum Gasteiger partial charge on any atom is 0.119 e. The van der Waals surface area contributed by atoms with E-state index in [9.17, 15) is 0 Å². The number of aryl methyl sites for hydroxylation is 2. The third-order valence-electron chi connectivity index (χ3n) is 4.16. The zero-order valence-electron chi connectivity index (χ0n) is 14.3. The topological polar surface area (TPSA) is 44.5 Å². The normalized spacial score (nSPS) is 12.0. The van der Waals surface area contributed by atoms with Crippen LogP contribution in [0.4, 0.5) is 0 Å². The van der Waals surface area contributed by atoms with Gasteiger partial charge in [-0.2, -0.15) is 0 Å². The van der Waals surface area contributed by atoms with Gasteiger partial charge in [0.25, 0.3) is 0 Å². The van der Waals surface area contributed by atoms with Crippen molar-refractivity contribution in [2.45, 2.75) is 33.1 Å². The van der Waals surface area contributed by atoms with Crippen LogP contribution in [0.2, 0.25) is 0 Å². The van der Waals surface area contributed by atoms with Gasteiger partial charge in [0.15, 0.2) is 0 Å². The lowest BCUT2D eigenvalue weighted by Gasteiger charge is -2.16. The summed E-state index contributed by atoms with van der Waals surface area (Å²) in [6.07, 6.45) is 0.900. The van der Waals surface area contributed by atoms with E-state index in [0.29, 0.717) is 25.7 Å². The fraction of sp³-hybridized carbons (Fsp3) is 0.400. The molecular formula is C20H27NO2. The Morgan fingerprint density at radius 1 is 0.913 bits per heavy atom. The Morgan fingerprint density at radius 3 is 2.22 bits per heavy atom. The lowest BCUT2D eigenvalue weighted by Crippen LogP contribution is -2.15. The lowest BCUT2D eigenvalue weighted by atomic mass is 9.96. The van der Waals surface area contributed by atoms with Crippen LogP contribution in [0.25, 0.3) is 0 Å². The van der Waals surface area contributed by atoms with Crippen LogP contribution in [0.5, 0.6) is 11.5 Å². The molecule has 2 rings (SSSR count). The van der Waals surface area contributed by atoms with Crippen LogP contribution in [-0.2, 0) is 0 Å². The first kappa shape index (κ1) is 17.4. The standard InChI is InChI=1S/C20H27NO2/c1-4-22-19-9-6-17(7-10-19)18(14-21)11-12-23-20-8-5-15(2)16(3)13-20/h5-10,13,18H,4,11-12,14,21H2,1-3H3. The van der Waals surface area contributed by atoms with E-state index in [1.165, 1.54) is 16.7 Å². The van der Waals surface area contributed by atoms with Crippen molar-refractivity contribution >= 4 is 0 Å². The summed E-state index contributed by atoms with van der Waals surface area (Å²) in [5.41, 5.74) is 9.71. The molecule has 0 radical (unpaired) electrons. The van der Waals surface area contributed by atoms with E-state index < -0.39 is 0 Å². The summed E-state index contributed by atoms with van der Waals surface area (Å²) < 4.78 is 11.4. The molecule has 1 atom stereocenters. The average Bonchev–Trinajstić information content (AvgIpc) is 2.56. The summed E-state index contributed by atoms with van der Waals surface area (Å²) in [5, 5.41) is 0. The molecule has 0 aromatic heterocycles. The molecule has 0 aliphatic rings. The molecule has 0 saturated carbocycles. The number of ether oxygens (including phenoxy) is 2. The minimum Gasteiger partial charge on any atom is -0.494 e. The summed E-state index contributed by atoms with van der Waals surface area (Å²) in [7, 11) is 0. The maximum absolute atomic E-state index is 5.94. The zero-order chi connectivity index (χ0) is 16.7. The first-order chi connectivity index (χ1) is 11.1. The van der Waals surface area contributed by atoms with E-state index in [1.54, 1.807) is 0 Å². The summed E-state index contributed by atoms with van der Waals surface area (Å²) in [4.78, 5) is 0. The smallest absolute Gasteiger partial charge is 0.119 e. The quantitative estimate of drug-likeness (QED) is 0.794. The van der Waals surface area contributed by atoms with Crippen LogP contribution in [0.1, 0.15) is 36.0 Å². The number of hydrogen-bond acceptors (Lipinski definition) is 3. The van der Waals surface area contributed by atoms with E-state index in [4.69, 9.17) is 15.2 Å². The number of benzene rings is 2. The van der Waals surface area contributed by atoms with Crippen molar-refractivity contribution in [1.82, 2.24) is 0 Å². The second-order valence-electron chi connectivity index (χ2n) is 5.82. The molecule has 1 unspecified atom stereocenters. The molecule has 124 valence electrons. The van der Waals surface area contributed by atoms with Crippen molar-refractivity contribution < 1.29 is 9.47 Å². The summed E-state index contributed by atoms with van der Waals surface area (Å²) in [5.74, 6) is 2.13. The van der Waals surface area contributed by atoms with Crippen LogP contribution in [-0.4, -0.2) is 19.8 Å². The Labute approximate surface area is 139 Å². The molecule has 3 heteroatoms. The molecule has 0 saturated heterocycles. The van der Waals surface area contributed by atoms with Gasteiger partial charge in [0, 0.05) is 0 Å².